The van der Waals surface area contributed by atoms with E-state index in [1.807, 2.05) is 31.3 Å². The molecule has 0 atom stereocenters. The molecule has 2 aromatic rings. The molecule has 1 aromatic carbocycles. The summed E-state index contributed by atoms with van der Waals surface area (Å²) in [5, 5.41) is 4.33. The van der Waals surface area contributed by atoms with Crippen molar-refractivity contribution in [1.82, 2.24) is 9.78 Å². The molecule has 0 bridgehead atoms. The number of anilines is 1. The van der Waals surface area contributed by atoms with Crippen molar-refractivity contribution in [3.05, 3.63) is 29.8 Å². The zero-order valence-corrected chi connectivity index (χ0v) is 9.51. The molecule has 0 radical (unpaired) electrons. The van der Waals surface area contributed by atoms with Crippen molar-refractivity contribution in [2.75, 3.05) is 12.5 Å². The fourth-order valence-corrected chi connectivity index (χ4v) is 1.85. The minimum Gasteiger partial charge on any atom is -0.467 e. The molecule has 2 N–H and O–H groups in total. The van der Waals surface area contributed by atoms with Crippen LogP contribution in [-0.2, 0) is 18.4 Å². The number of hydrogen-bond acceptors (Lipinski definition) is 4. The molecule has 3 rings (SSSR count). The van der Waals surface area contributed by atoms with E-state index in [0.717, 1.165) is 22.6 Å². The summed E-state index contributed by atoms with van der Waals surface area (Å²) in [5.74, 6) is 1.50. The lowest BCUT2D eigenvalue weighted by Gasteiger charge is -2.17. The van der Waals surface area contributed by atoms with Gasteiger partial charge in [0.05, 0.1) is 12.3 Å². The van der Waals surface area contributed by atoms with Gasteiger partial charge in [0.2, 0.25) is 0 Å². The molecule has 5 heteroatoms. The van der Waals surface area contributed by atoms with E-state index in [1.165, 1.54) is 0 Å². The summed E-state index contributed by atoms with van der Waals surface area (Å²) in [5.41, 5.74) is 8.67. The summed E-state index contributed by atoms with van der Waals surface area (Å²) >= 11 is 0. The largest absolute Gasteiger partial charge is 0.467 e. The molecule has 88 valence electrons. The second-order valence-corrected chi connectivity index (χ2v) is 4.01. The first kappa shape index (κ1) is 10.2. The SMILES string of the molecule is Cn1nc(-c2ccc3c(c2)OCOC3)cc1N. The summed E-state index contributed by atoms with van der Waals surface area (Å²) in [6, 6.07) is 7.81. The van der Waals surface area contributed by atoms with Gasteiger partial charge in [0.25, 0.3) is 0 Å². The Kier molecular flexibility index (Phi) is 2.26. The average Bonchev–Trinajstić information content (AvgIpc) is 2.69. The number of hydrogen-bond donors (Lipinski definition) is 1. The normalized spacial score (nSPS) is 14.2. The first-order valence-corrected chi connectivity index (χ1v) is 5.37. The van der Waals surface area contributed by atoms with E-state index in [9.17, 15) is 0 Å². The second-order valence-electron chi connectivity index (χ2n) is 4.01. The van der Waals surface area contributed by atoms with Gasteiger partial charge >= 0.3 is 0 Å². The van der Waals surface area contributed by atoms with Crippen molar-refractivity contribution < 1.29 is 9.47 Å². The molecule has 5 nitrogen and oxygen atoms in total. The maximum atomic E-state index is 5.76. The number of aromatic nitrogens is 2. The lowest BCUT2D eigenvalue weighted by molar-refractivity contribution is -0.0163. The Morgan fingerprint density at radius 1 is 1.35 bits per heavy atom. The minimum absolute atomic E-state index is 0.306. The van der Waals surface area contributed by atoms with Crippen LogP contribution in [0, 0.1) is 0 Å². The van der Waals surface area contributed by atoms with Crippen molar-refractivity contribution in [2.45, 2.75) is 6.61 Å². The van der Waals surface area contributed by atoms with Crippen molar-refractivity contribution in [1.29, 1.82) is 0 Å². The zero-order valence-electron chi connectivity index (χ0n) is 9.51. The Labute approximate surface area is 98.8 Å². The van der Waals surface area contributed by atoms with Crippen LogP contribution in [0.1, 0.15) is 5.56 Å². The number of benzene rings is 1. The topological polar surface area (TPSA) is 62.3 Å². The second kappa shape index (κ2) is 3.78. The number of nitrogens with zero attached hydrogens (tertiary/aromatic N) is 2. The van der Waals surface area contributed by atoms with Crippen LogP contribution < -0.4 is 10.5 Å². The van der Waals surface area contributed by atoms with Crippen LogP contribution in [0.5, 0.6) is 5.75 Å². The van der Waals surface area contributed by atoms with Crippen LogP contribution in [0.15, 0.2) is 24.3 Å². The van der Waals surface area contributed by atoms with E-state index in [1.54, 1.807) is 4.68 Å². The monoisotopic (exact) mass is 231 g/mol. The molecule has 0 fully saturated rings. The van der Waals surface area contributed by atoms with Crippen LogP contribution in [0.2, 0.25) is 0 Å². The Morgan fingerprint density at radius 3 is 3.00 bits per heavy atom. The number of ether oxygens (including phenoxy) is 2. The van der Waals surface area contributed by atoms with Gasteiger partial charge in [-0.3, -0.25) is 4.68 Å². The first-order chi connectivity index (χ1) is 8.24. The standard InChI is InChI=1S/C12H13N3O2/c1-15-12(13)5-10(14-15)8-2-3-9-6-16-7-17-11(9)4-8/h2-5H,6-7,13H2,1H3. The number of aryl methyl sites for hydroxylation is 1. The molecule has 0 spiro atoms. The van der Waals surface area contributed by atoms with E-state index >= 15 is 0 Å². The van der Waals surface area contributed by atoms with E-state index in [2.05, 4.69) is 5.10 Å². The van der Waals surface area contributed by atoms with Gasteiger partial charge in [0.1, 0.15) is 11.6 Å². The Morgan fingerprint density at radius 2 is 2.24 bits per heavy atom. The summed E-state index contributed by atoms with van der Waals surface area (Å²) in [6.07, 6.45) is 0. The molecule has 0 aliphatic carbocycles. The molecule has 2 heterocycles. The fraction of sp³-hybridized carbons (Fsp3) is 0.250. The predicted molar refractivity (Wildman–Crippen MR) is 63.3 cm³/mol. The quantitative estimate of drug-likeness (QED) is 0.808. The van der Waals surface area contributed by atoms with E-state index in [4.69, 9.17) is 15.2 Å². The molecule has 1 aliphatic rings. The van der Waals surface area contributed by atoms with Crippen LogP contribution in [0.4, 0.5) is 5.82 Å². The molecule has 0 saturated heterocycles. The van der Waals surface area contributed by atoms with Crippen LogP contribution in [-0.4, -0.2) is 16.6 Å². The smallest absolute Gasteiger partial charge is 0.189 e. The molecule has 0 amide bonds. The van der Waals surface area contributed by atoms with Crippen molar-refractivity contribution in [3.8, 4) is 17.0 Å². The fourth-order valence-electron chi connectivity index (χ4n) is 1.85. The molecule has 1 aromatic heterocycles. The molecular formula is C12H13N3O2. The third kappa shape index (κ3) is 1.74. The summed E-state index contributed by atoms with van der Waals surface area (Å²) in [7, 11) is 1.82. The number of fused-ring (bicyclic) bond motifs is 1. The van der Waals surface area contributed by atoms with Gasteiger partial charge in [0.15, 0.2) is 6.79 Å². The van der Waals surface area contributed by atoms with Crippen LogP contribution >= 0.6 is 0 Å². The summed E-state index contributed by atoms with van der Waals surface area (Å²) < 4.78 is 12.3. The highest BCUT2D eigenvalue weighted by Crippen LogP contribution is 2.29. The molecule has 17 heavy (non-hydrogen) atoms. The molecule has 0 unspecified atom stereocenters. The van der Waals surface area contributed by atoms with Crippen molar-refractivity contribution >= 4 is 5.82 Å². The molecule has 0 saturated carbocycles. The van der Waals surface area contributed by atoms with Gasteiger partial charge in [-0.05, 0) is 6.07 Å². The lowest BCUT2D eigenvalue weighted by Crippen LogP contribution is -2.11. The van der Waals surface area contributed by atoms with Gasteiger partial charge in [-0.25, -0.2) is 0 Å². The van der Waals surface area contributed by atoms with Crippen molar-refractivity contribution in [2.24, 2.45) is 7.05 Å². The van der Waals surface area contributed by atoms with E-state index in [0.29, 0.717) is 19.2 Å². The Balaban J connectivity index is 2.03. The number of nitrogens with two attached hydrogens (primary N) is 1. The van der Waals surface area contributed by atoms with E-state index in [-0.39, 0.29) is 0 Å². The Hall–Kier alpha value is -2.01. The lowest BCUT2D eigenvalue weighted by atomic mass is 10.1. The van der Waals surface area contributed by atoms with Gasteiger partial charge in [0, 0.05) is 24.2 Å². The molecule has 1 aliphatic heterocycles. The highest BCUT2D eigenvalue weighted by Gasteiger charge is 2.13. The predicted octanol–water partition coefficient (Wildman–Crippen LogP) is 1.54. The third-order valence-electron chi connectivity index (χ3n) is 2.83. The first-order valence-electron chi connectivity index (χ1n) is 5.37. The maximum absolute atomic E-state index is 5.76. The van der Waals surface area contributed by atoms with Gasteiger partial charge in [-0.15, -0.1) is 0 Å². The molecular weight excluding hydrogens is 218 g/mol. The van der Waals surface area contributed by atoms with Gasteiger partial charge in [-0.1, -0.05) is 12.1 Å². The highest BCUT2D eigenvalue weighted by molar-refractivity contribution is 5.65. The summed E-state index contributed by atoms with van der Waals surface area (Å²) in [6.45, 7) is 0.904. The van der Waals surface area contributed by atoms with Crippen LogP contribution in [0.3, 0.4) is 0 Å². The van der Waals surface area contributed by atoms with E-state index < -0.39 is 0 Å². The third-order valence-corrected chi connectivity index (χ3v) is 2.83. The number of nitrogen functional groups attached to an aromatic ring is 1. The average molecular weight is 231 g/mol. The minimum atomic E-state index is 0.306. The maximum Gasteiger partial charge on any atom is 0.189 e. The highest BCUT2D eigenvalue weighted by atomic mass is 16.7. The zero-order chi connectivity index (χ0) is 11.8. The van der Waals surface area contributed by atoms with Crippen molar-refractivity contribution in [3.63, 3.8) is 0 Å². The summed E-state index contributed by atoms with van der Waals surface area (Å²) in [4.78, 5) is 0. The van der Waals surface area contributed by atoms with Gasteiger partial charge < -0.3 is 15.2 Å². The Bertz CT molecular complexity index is 543. The number of rotatable bonds is 1. The van der Waals surface area contributed by atoms with Crippen LogP contribution in [0.25, 0.3) is 11.3 Å². The van der Waals surface area contributed by atoms with Gasteiger partial charge in [-0.2, -0.15) is 5.10 Å².